The molecule has 0 aliphatic carbocycles. The van der Waals surface area contributed by atoms with Crippen LogP contribution in [0.3, 0.4) is 0 Å². The maximum Gasteiger partial charge on any atom is 0.255 e. The van der Waals surface area contributed by atoms with Gasteiger partial charge < -0.3 is 9.73 Å². The Morgan fingerprint density at radius 3 is 2.34 bits per heavy atom. The van der Waals surface area contributed by atoms with Crippen molar-refractivity contribution in [1.29, 1.82) is 0 Å². The Hall–Kier alpha value is -3.29. The van der Waals surface area contributed by atoms with Crippen LogP contribution in [0.4, 0.5) is 10.2 Å². The van der Waals surface area contributed by atoms with E-state index in [-0.39, 0.29) is 53.4 Å². The average molecular weight is 523 g/mol. The zero-order chi connectivity index (χ0) is 25.7. The molecule has 0 unspecified atom stereocenters. The van der Waals surface area contributed by atoms with Crippen molar-refractivity contribution in [2.75, 3.05) is 43.5 Å². The Kier molecular flexibility index (Phi) is 6.19. The van der Waals surface area contributed by atoms with Gasteiger partial charge in [0.1, 0.15) is 11.6 Å². The summed E-state index contributed by atoms with van der Waals surface area (Å²) in [5.74, 6) is -0.831. The second-order valence-corrected chi connectivity index (χ2v) is 12.0. The molecule has 1 aliphatic rings. The van der Waals surface area contributed by atoms with E-state index in [1.807, 2.05) is 0 Å². The number of pyridine rings is 1. The molecule has 2 aromatic heterocycles. The molecule has 1 aromatic carbocycles. The number of amides is 1. The normalized spacial score (nSPS) is 15.5. The standard InChI is InChI=1S/C22H23FN4O6S2/c1-13-12-26(34(3,29)30)9-10-27(35(4,31)32)20-16(13)11-17-18(21(28)24-2)19(33-22(17)25-20)14-5-7-15(23)8-6-14/h5-8,11H,1,9-10,12H2,2-4H3,(H,24,28). The molecule has 0 saturated carbocycles. The summed E-state index contributed by atoms with van der Waals surface area (Å²) in [6.07, 6.45) is 2.02. The van der Waals surface area contributed by atoms with Crippen molar-refractivity contribution in [3.63, 3.8) is 0 Å². The topological polar surface area (TPSA) is 130 Å². The maximum atomic E-state index is 13.5. The van der Waals surface area contributed by atoms with E-state index in [1.54, 1.807) is 0 Å². The first-order valence-electron chi connectivity index (χ1n) is 10.4. The molecular formula is C22H23FN4O6S2. The molecule has 0 saturated heterocycles. The van der Waals surface area contributed by atoms with E-state index < -0.39 is 31.8 Å². The predicted octanol–water partition coefficient (Wildman–Crippen LogP) is 2.05. The van der Waals surface area contributed by atoms with Crippen molar-refractivity contribution in [2.24, 2.45) is 0 Å². The largest absolute Gasteiger partial charge is 0.437 e. The third kappa shape index (κ3) is 4.66. The van der Waals surface area contributed by atoms with Crippen molar-refractivity contribution in [2.45, 2.75) is 0 Å². The summed E-state index contributed by atoms with van der Waals surface area (Å²) in [6, 6.07) is 6.85. The molecule has 1 N–H and O–H groups in total. The van der Waals surface area contributed by atoms with E-state index in [4.69, 9.17) is 4.42 Å². The molecule has 35 heavy (non-hydrogen) atoms. The molecular weight excluding hydrogens is 499 g/mol. The zero-order valence-corrected chi connectivity index (χ0v) is 20.8. The van der Waals surface area contributed by atoms with Gasteiger partial charge in [0.2, 0.25) is 25.8 Å². The Morgan fingerprint density at radius 1 is 1.11 bits per heavy atom. The van der Waals surface area contributed by atoms with Crippen LogP contribution in [0.2, 0.25) is 0 Å². The lowest BCUT2D eigenvalue weighted by Gasteiger charge is -2.31. The first-order valence-corrected chi connectivity index (χ1v) is 14.1. The van der Waals surface area contributed by atoms with Crippen LogP contribution < -0.4 is 9.62 Å². The lowest BCUT2D eigenvalue weighted by atomic mass is 10.0. The number of halogens is 1. The van der Waals surface area contributed by atoms with Gasteiger partial charge in [-0.2, -0.15) is 9.29 Å². The second-order valence-electron chi connectivity index (χ2n) is 8.14. The summed E-state index contributed by atoms with van der Waals surface area (Å²) in [6.45, 7) is 3.60. The maximum absolute atomic E-state index is 13.5. The number of nitrogens with zero attached hydrogens (tertiary/aromatic N) is 3. The summed E-state index contributed by atoms with van der Waals surface area (Å²) in [4.78, 5) is 17.3. The lowest BCUT2D eigenvalue weighted by Crippen LogP contribution is -2.43. The van der Waals surface area contributed by atoms with Crippen LogP contribution in [-0.2, 0) is 20.0 Å². The highest BCUT2D eigenvalue weighted by molar-refractivity contribution is 7.92. The van der Waals surface area contributed by atoms with Crippen molar-refractivity contribution in [1.82, 2.24) is 14.6 Å². The highest BCUT2D eigenvalue weighted by Gasteiger charge is 2.32. The minimum absolute atomic E-state index is 0.0105. The number of furan rings is 1. The SMILES string of the molecule is C=C1CN(S(C)(=O)=O)CCN(S(C)(=O)=O)c2nc3oc(-c4ccc(F)cc4)c(C(=O)NC)c3cc21. The molecule has 13 heteroatoms. The summed E-state index contributed by atoms with van der Waals surface area (Å²) in [5.41, 5.74) is 1.07. The Balaban J connectivity index is 2.03. The minimum Gasteiger partial charge on any atom is -0.437 e. The number of carbonyl (C=O) groups excluding carboxylic acids is 1. The predicted molar refractivity (Wildman–Crippen MR) is 130 cm³/mol. The Labute approximate surface area is 202 Å². The third-order valence-corrected chi connectivity index (χ3v) is 8.04. The molecule has 4 rings (SSSR count). The number of hydrogen-bond donors (Lipinski definition) is 1. The van der Waals surface area contributed by atoms with Crippen LogP contribution >= 0.6 is 0 Å². The molecule has 0 fully saturated rings. The number of hydrogen-bond acceptors (Lipinski definition) is 7. The smallest absolute Gasteiger partial charge is 0.255 e. The molecule has 1 amide bonds. The number of benzene rings is 1. The molecule has 10 nitrogen and oxygen atoms in total. The van der Waals surface area contributed by atoms with Gasteiger partial charge in [-0.05, 0) is 35.9 Å². The highest BCUT2D eigenvalue weighted by Crippen LogP contribution is 2.38. The lowest BCUT2D eigenvalue weighted by molar-refractivity contribution is 0.0964. The molecule has 3 aromatic rings. The van der Waals surface area contributed by atoms with Crippen LogP contribution in [0.15, 0.2) is 41.3 Å². The van der Waals surface area contributed by atoms with Gasteiger partial charge in [0.05, 0.1) is 23.5 Å². The van der Waals surface area contributed by atoms with Crippen LogP contribution in [0, 0.1) is 5.82 Å². The molecule has 186 valence electrons. The molecule has 0 bridgehead atoms. The van der Waals surface area contributed by atoms with Crippen molar-refractivity contribution >= 4 is 48.4 Å². The van der Waals surface area contributed by atoms with E-state index in [2.05, 4.69) is 16.9 Å². The van der Waals surface area contributed by atoms with Crippen LogP contribution in [0.5, 0.6) is 0 Å². The van der Waals surface area contributed by atoms with Crippen molar-refractivity contribution in [3.05, 3.63) is 53.9 Å². The summed E-state index contributed by atoms with van der Waals surface area (Å²) < 4.78 is 71.3. The number of fused-ring (bicyclic) bond motifs is 2. The van der Waals surface area contributed by atoms with Gasteiger partial charge in [0, 0.05) is 37.8 Å². The fraction of sp³-hybridized carbons (Fsp3) is 0.273. The fourth-order valence-electron chi connectivity index (χ4n) is 3.91. The van der Waals surface area contributed by atoms with Crippen LogP contribution in [0.1, 0.15) is 15.9 Å². The van der Waals surface area contributed by atoms with E-state index in [0.717, 1.165) is 21.1 Å². The van der Waals surface area contributed by atoms with Gasteiger partial charge in [-0.1, -0.05) is 6.58 Å². The van der Waals surface area contributed by atoms with Crippen LogP contribution in [0.25, 0.3) is 28.0 Å². The summed E-state index contributed by atoms with van der Waals surface area (Å²) in [5, 5.41) is 2.80. The fourth-order valence-corrected chi connectivity index (χ4v) is 5.58. The monoisotopic (exact) mass is 522 g/mol. The van der Waals surface area contributed by atoms with Crippen LogP contribution in [-0.4, -0.2) is 71.2 Å². The quantitative estimate of drug-likeness (QED) is 0.555. The van der Waals surface area contributed by atoms with Gasteiger partial charge in [0.15, 0.2) is 5.82 Å². The van der Waals surface area contributed by atoms with Gasteiger partial charge in [0.25, 0.3) is 5.91 Å². The zero-order valence-electron chi connectivity index (χ0n) is 19.2. The number of sulfonamides is 2. The summed E-state index contributed by atoms with van der Waals surface area (Å²) >= 11 is 0. The van der Waals surface area contributed by atoms with Gasteiger partial charge >= 0.3 is 0 Å². The average Bonchev–Trinajstić information content (AvgIpc) is 3.13. The highest BCUT2D eigenvalue weighted by atomic mass is 32.2. The third-order valence-electron chi connectivity index (χ3n) is 5.63. The number of nitrogens with one attached hydrogen (secondary N) is 1. The number of aromatic nitrogens is 1. The molecule has 0 radical (unpaired) electrons. The van der Waals surface area contributed by atoms with E-state index in [9.17, 15) is 26.0 Å². The number of rotatable bonds is 4. The molecule has 0 spiro atoms. The first kappa shape index (κ1) is 24.8. The van der Waals surface area contributed by atoms with E-state index in [1.165, 1.54) is 37.4 Å². The van der Waals surface area contributed by atoms with Crippen molar-refractivity contribution < 1.29 is 30.4 Å². The molecule has 3 heterocycles. The number of carbonyl (C=O) groups is 1. The van der Waals surface area contributed by atoms with Gasteiger partial charge in [-0.3, -0.25) is 9.10 Å². The van der Waals surface area contributed by atoms with Gasteiger partial charge in [-0.15, -0.1) is 0 Å². The minimum atomic E-state index is -3.88. The molecule has 0 atom stereocenters. The first-order chi connectivity index (χ1) is 16.3. The van der Waals surface area contributed by atoms with E-state index >= 15 is 0 Å². The second kappa shape index (κ2) is 8.73. The number of anilines is 1. The Morgan fingerprint density at radius 2 is 1.77 bits per heavy atom. The molecule has 1 aliphatic heterocycles. The Bertz CT molecular complexity index is 1560. The summed E-state index contributed by atoms with van der Waals surface area (Å²) in [7, 11) is -6.10. The van der Waals surface area contributed by atoms with E-state index in [0.29, 0.717) is 11.1 Å². The van der Waals surface area contributed by atoms with Crippen molar-refractivity contribution in [3.8, 4) is 11.3 Å². The van der Waals surface area contributed by atoms with Gasteiger partial charge in [-0.25, -0.2) is 21.2 Å².